The van der Waals surface area contributed by atoms with Gasteiger partial charge in [0.15, 0.2) is 0 Å². The lowest BCUT2D eigenvalue weighted by Gasteiger charge is -2.12. The first kappa shape index (κ1) is 17.1. The van der Waals surface area contributed by atoms with Crippen LogP contribution in [0.1, 0.15) is 48.4 Å². The summed E-state index contributed by atoms with van der Waals surface area (Å²) in [5.74, 6) is -2.09. The van der Waals surface area contributed by atoms with Crippen LogP contribution >= 0.6 is 0 Å². The highest BCUT2D eigenvalue weighted by molar-refractivity contribution is 6.03. The molecule has 0 bridgehead atoms. The molecule has 0 aliphatic rings. The Morgan fingerprint density at radius 1 is 1.00 bits per heavy atom. The number of esters is 2. The minimum absolute atomic E-state index is 0.107. The molecule has 0 aliphatic carbocycles. The van der Waals surface area contributed by atoms with E-state index in [0.29, 0.717) is 0 Å². The maximum atomic E-state index is 13.9. The minimum atomic E-state index is -0.849. The summed E-state index contributed by atoms with van der Waals surface area (Å²) in [7, 11) is 0. The summed E-state index contributed by atoms with van der Waals surface area (Å²) in [5.41, 5.74) is -0.476. The van der Waals surface area contributed by atoms with Crippen LogP contribution in [0.3, 0.4) is 0 Å². The predicted molar refractivity (Wildman–Crippen MR) is 76.6 cm³/mol. The van der Waals surface area contributed by atoms with Crippen LogP contribution in [0.25, 0.3) is 0 Å². The lowest BCUT2D eigenvalue weighted by atomic mass is 10.1. The molecule has 1 aromatic carbocycles. The normalized spacial score (nSPS) is 10.8. The van der Waals surface area contributed by atoms with Crippen LogP contribution < -0.4 is 0 Å². The molecule has 0 radical (unpaired) electrons. The van der Waals surface area contributed by atoms with Crippen LogP contribution in [-0.4, -0.2) is 25.2 Å². The molecule has 0 heterocycles. The predicted octanol–water partition coefficient (Wildman–Crippen LogP) is 3.45. The van der Waals surface area contributed by atoms with E-state index in [0.717, 1.165) is 6.07 Å². The molecule has 21 heavy (non-hydrogen) atoms. The molecule has 0 amide bonds. The summed E-state index contributed by atoms with van der Waals surface area (Å²) in [6.07, 6.45) is 0. The first-order valence-electron chi connectivity index (χ1n) is 6.95. The van der Waals surface area contributed by atoms with Gasteiger partial charge in [-0.05, 0) is 24.0 Å². The molecule has 0 aromatic heterocycles. The molecule has 116 valence electrons. The summed E-state index contributed by atoms with van der Waals surface area (Å²) in [6, 6.07) is 3.84. The monoisotopic (exact) mass is 296 g/mol. The van der Waals surface area contributed by atoms with Crippen LogP contribution in [-0.2, 0) is 9.47 Å². The van der Waals surface area contributed by atoms with E-state index < -0.39 is 17.8 Å². The van der Waals surface area contributed by atoms with Crippen LogP contribution in [0.4, 0.5) is 4.39 Å². The van der Waals surface area contributed by atoms with Gasteiger partial charge in [0.05, 0.1) is 18.8 Å². The molecule has 4 nitrogen and oxygen atoms in total. The highest BCUT2D eigenvalue weighted by Gasteiger charge is 2.23. The van der Waals surface area contributed by atoms with Gasteiger partial charge in [-0.2, -0.15) is 0 Å². The number of halogens is 1. The van der Waals surface area contributed by atoms with E-state index in [1.807, 2.05) is 27.7 Å². The summed E-state index contributed by atoms with van der Waals surface area (Å²) in [5, 5.41) is 0. The van der Waals surface area contributed by atoms with Crippen molar-refractivity contribution in [1.29, 1.82) is 0 Å². The zero-order valence-electron chi connectivity index (χ0n) is 12.8. The van der Waals surface area contributed by atoms with Crippen LogP contribution in [0.15, 0.2) is 18.2 Å². The van der Waals surface area contributed by atoms with Gasteiger partial charge >= 0.3 is 11.9 Å². The van der Waals surface area contributed by atoms with Gasteiger partial charge in [0, 0.05) is 0 Å². The first-order valence-corrected chi connectivity index (χ1v) is 6.95. The number of hydrogen-bond donors (Lipinski definition) is 0. The van der Waals surface area contributed by atoms with Gasteiger partial charge in [-0.25, -0.2) is 14.0 Å². The average molecular weight is 296 g/mol. The van der Waals surface area contributed by atoms with Gasteiger partial charge in [-0.15, -0.1) is 0 Å². The summed E-state index contributed by atoms with van der Waals surface area (Å²) in [4.78, 5) is 23.9. The number of rotatable bonds is 6. The fourth-order valence-corrected chi connectivity index (χ4v) is 1.54. The molecule has 0 saturated carbocycles. The smallest absolute Gasteiger partial charge is 0.342 e. The van der Waals surface area contributed by atoms with E-state index in [4.69, 9.17) is 9.47 Å². The molecule has 0 fully saturated rings. The Bertz CT molecular complexity index is 509. The highest BCUT2D eigenvalue weighted by Crippen LogP contribution is 2.17. The van der Waals surface area contributed by atoms with Crippen molar-refractivity contribution in [3.63, 3.8) is 0 Å². The lowest BCUT2D eigenvalue weighted by Crippen LogP contribution is -2.18. The fourth-order valence-electron chi connectivity index (χ4n) is 1.54. The van der Waals surface area contributed by atoms with Crippen LogP contribution in [0.2, 0.25) is 0 Å². The minimum Gasteiger partial charge on any atom is -0.462 e. The van der Waals surface area contributed by atoms with Crippen molar-refractivity contribution in [3.8, 4) is 0 Å². The molecule has 0 N–H and O–H groups in total. The maximum absolute atomic E-state index is 13.9. The van der Waals surface area contributed by atoms with Crippen molar-refractivity contribution in [2.24, 2.45) is 11.8 Å². The third-order valence-electron chi connectivity index (χ3n) is 2.53. The number of ether oxygens (including phenoxy) is 2. The second-order valence-electron chi connectivity index (χ2n) is 5.65. The molecular formula is C16H21FO4. The SMILES string of the molecule is CC(C)COC(=O)c1cccc(F)c1C(=O)OCC(C)C. The van der Waals surface area contributed by atoms with Crippen molar-refractivity contribution in [1.82, 2.24) is 0 Å². The van der Waals surface area contributed by atoms with Gasteiger partial charge in [-0.1, -0.05) is 33.8 Å². The Morgan fingerprint density at radius 3 is 2.05 bits per heavy atom. The largest absolute Gasteiger partial charge is 0.462 e. The van der Waals surface area contributed by atoms with Crippen molar-refractivity contribution in [3.05, 3.63) is 35.1 Å². The maximum Gasteiger partial charge on any atom is 0.342 e. The van der Waals surface area contributed by atoms with Crippen molar-refractivity contribution in [2.75, 3.05) is 13.2 Å². The highest BCUT2D eigenvalue weighted by atomic mass is 19.1. The van der Waals surface area contributed by atoms with Crippen LogP contribution in [0, 0.1) is 17.7 Å². The summed E-state index contributed by atoms with van der Waals surface area (Å²) in [6.45, 7) is 7.87. The second kappa shape index (κ2) is 7.76. The summed E-state index contributed by atoms with van der Waals surface area (Å²) < 4.78 is 23.9. The van der Waals surface area contributed by atoms with E-state index in [9.17, 15) is 14.0 Å². The van der Waals surface area contributed by atoms with Gasteiger partial charge in [0.2, 0.25) is 0 Å². The molecule has 1 rings (SSSR count). The fraction of sp³-hybridized carbons (Fsp3) is 0.500. The number of carbonyl (C=O) groups excluding carboxylic acids is 2. The van der Waals surface area contributed by atoms with E-state index in [2.05, 4.69) is 0 Å². The standard InChI is InChI=1S/C16H21FO4/c1-10(2)8-20-15(18)12-6-5-7-13(17)14(12)16(19)21-9-11(3)4/h5-7,10-11H,8-9H2,1-4H3. The van der Waals surface area contributed by atoms with E-state index in [1.54, 1.807) is 0 Å². The van der Waals surface area contributed by atoms with Crippen molar-refractivity contribution in [2.45, 2.75) is 27.7 Å². The van der Waals surface area contributed by atoms with Gasteiger partial charge in [0.1, 0.15) is 11.4 Å². The molecule has 0 spiro atoms. The number of benzene rings is 1. The molecule has 5 heteroatoms. The third-order valence-corrected chi connectivity index (χ3v) is 2.53. The molecule has 1 aromatic rings. The van der Waals surface area contributed by atoms with Crippen molar-refractivity contribution < 1.29 is 23.5 Å². The average Bonchev–Trinajstić information content (AvgIpc) is 2.41. The van der Waals surface area contributed by atoms with Gasteiger partial charge in [0.25, 0.3) is 0 Å². The van der Waals surface area contributed by atoms with E-state index in [1.165, 1.54) is 12.1 Å². The Morgan fingerprint density at radius 2 is 1.52 bits per heavy atom. The van der Waals surface area contributed by atoms with Crippen molar-refractivity contribution >= 4 is 11.9 Å². The Kier molecular flexibility index (Phi) is 6.34. The Balaban J connectivity index is 2.97. The number of hydrogen-bond acceptors (Lipinski definition) is 4. The molecular weight excluding hydrogens is 275 g/mol. The van der Waals surface area contributed by atoms with E-state index >= 15 is 0 Å². The van der Waals surface area contributed by atoms with Crippen LogP contribution in [0.5, 0.6) is 0 Å². The Labute approximate surface area is 124 Å². The molecule has 0 saturated heterocycles. The zero-order valence-corrected chi connectivity index (χ0v) is 12.8. The molecule has 0 unspecified atom stereocenters. The van der Waals surface area contributed by atoms with E-state index in [-0.39, 0.29) is 36.2 Å². The first-order chi connectivity index (χ1) is 9.82. The quantitative estimate of drug-likeness (QED) is 0.754. The topological polar surface area (TPSA) is 52.6 Å². The molecule has 0 aliphatic heterocycles. The Hall–Kier alpha value is -1.91. The zero-order chi connectivity index (χ0) is 16.0. The third kappa shape index (κ3) is 5.17. The van der Waals surface area contributed by atoms with Gasteiger partial charge in [-0.3, -0.25) is 0 Å². The number of carbonyl (C=O) groups is 2. The lowest BCUT2D eigenvalue weighted by molar-refractivity contribution is 0.0408. The molecule has 0 atom stereocenters. The summed E-state index contributed by atoms with van der Waals surface area (Å²) >= 11 is 0. The second-order valence-corrected chi connectivity index (χ2v) is 5.65. The van der Waals surface area contributed by atoms with Gasteiger partial charge < -0.3 is 9.47 Å².